The van der Waals surface area contributed by atoms with E-state index in [0.717, 1.165) is 46.5 Å². The van der Waals surface area contributed by atoms with Crippen LogP contribution in [-0.4, -0.2) is 86.0 Å². The molecule has 0 saturated carbocycles. The number of anilines is 2. The van der Waals surface area contributed by atoms with Crippen LogP contribution in [0.25, 0.3) is 0 Å². The molecular weight excluding hydrogens is 695 g/mol. The lowest BCUT2D eigenvalue weighted by Gasteiger charge is -2.28. The Labute approximate surface area is 293 Å². The van der Waals surface area contributed by atoms with E-state index in [9.17, 15) is 32.2 Å². The third-order valence-electron chi connectivity index (χ3n) is 8.08. The average molecular weight is 738 g/mol. The maximum absolute atomic E-state index is 12.2. The predicted molar refractivity (Wildman–Crippen MR) is 191 cm³/mol. The van der Waals surface area contributed by atoms with Gasteiger partial charge < -0.3 is 24.5 Å². The second-order valence-corrected chi connectivity index (χ2v) is 15.4. The third-order valence-corrected chi connectivity index (χ3v) is 10.7. The summed E-state index contributed by atoms with van der Waals surface area (Å²) in [6, 6.07) is 18.3. The van der Waals surface area contributed by atoms with Gasteiger partial charge in [0.1, 0.15) is 0 Å². The monoisotopic (exact) mass is 737 g/mol. The molecule has 2 unspecified atom stereocenters. The fourth-order valence-electron chi connectivity index (χ4n) is 5.46. The van der Waals surface area contributed by atoms with Crippen molar-refractivity contribution in [3.8, 4) is 11.8 Å². The lowest BCUT2D eigenvalue weighted by molar-refractivity contribution is -0.145. The fourth-order valence-corrected chi connectivity index (χ4v) is 7.67. The lowest BCUT2D eigenvalue weighted by Crippen LogP contribution is -2.47. The van der Waals surface area contributed by atoms with Crippen LogP contribution in [0, 0.1) is 0 Å². The molecule has 1 aliphatic heterocycles. The zero-order chi connectivity index (χ0) is 35.4. The number of rotatable bonds is 20. The van der Waals surface area contributed by atoms with E-state index in [2.05, 4.69) is 29.5 Å². The van der Waals surface area contributed by atoms with Gasteiger partial charge in [-0.2, -0.15) is 8.42 Å². The number of nitrogens with one attached hydrogen (secondary N) is 1. The van der Waals surface area contributed by atoms with Crippen molar-refractivity contribution >= 4 is 61.2 Å². The summed E-state index contributed by atoms with van der Waals surface area (Å²) in [5, 5.41) is 25.0. The first-order valence-corrected chi connectivity index (χ1v) is 19.7. The molecule has 0 fully saturated rings. The van der Waals surface area contributed by atoms with Gasteiger partial charge in [0.2, 0.25) is 11.8 Å². The summed E-state index contributed by atoms with van der Waals surface area (Å²) in [4.78, 5) is 20.4. The average Bonchev–Trinajstić information content (AvgIpc) is 3.52. The number of hydrogen-bond donors (Lipinski definition) is 4. The van der Waals surface area contributed by atoms with E-state index in [1.54, 1.807) is 11.8 Å². The summed E-state index contributed by atoms with van der Waals surface area (Å²) in [5.41, 5.74) is 5.99. The molecule has 268 valence electrons. The number of hydrazone groups is 1. The van der Waals surface area contributed by atoms with Crippen molar-refractivity contribution in [1.29, 1.82) is 0 Å². The van der Waals surface area contributed by atoms with E-state index in [-0.39, 0.29) is 29.7 Å². The Kier molecular flexibility index (Phi) is 13.9. The molecule has 0 aliphatic carbocycles. The molecule has 14 nitrogen and oxygen atoms in total. The maximum atomic E-state index is 12.2. The third kappa shape index (κ3) is 11.5. The van der Waals surface area contributed by atoms with Crippen LogP contribution in [0.15, 0.2) is 70.7 Å². The molecule has 17 heteroatoms. The Morgan fingerprint density at radius 2 is 1.65 bits per heavy atom. The summed E-state index contributed by atoms with van der Waals surface area (Å²) in [7, 11) is -1.92. The van der Waals surface area contributed by atoms with Gasteiger partial charge in [-0.15, -0.1) is 9.83 Å². The molecule has 4 N–H and O–H groups in total. The van der Waals surface area contributed by atoms with Crippen LogP contribution in [0.4, 0.5) is 17.1 Å². The highest BCUT2D eigenvalue weighted by molar-refractivity contribution is 8.14. The first-order valence-electron chi connectivity index (χ1n) is 16.0. The van der Waals surface area contributed by atoms with Crippen LogP contribution in [0.2, 0.25) is 0 Å². The number of carbonyl (C=O) groups is 1. The molecular formula is C32H43N5O9S3. The minimum absolute atomic E-state index is 0.0842. The fraction of sp³-hybridized carbons (Fsp3) is 0.438. The number of quaternary nitrogens is 1. The van der Waals surface area contributed by atoms with E-state index >= 15 is 0 Å². The van der Waals surface area contributed by atoms with Crippen molar-refractivity contribution in [3.63, 3.8) is 0 Å². The van der Waals surface area contributed by atoms with Gasteiger partial charge >= 0.3 is 5.97 Å². The molecule has 0 bridgehead atoms. The number of carbonyl (C=O) groups excluding carboxylic acids is 1. The zero-order valence-electron chi connectivity index (χ0n) is 27.3. The summed E-state index contributed by atoms with van der Waals surface area (Å²) >= 11 is -0.504. The summed E-state index contributed by atoms with van der Waals surface area (Å²) in [5.74, 6) is -1.50. The predicted octanol–water partition coefficient (Wildman–Crippen LogP) is 4.67. The van der Waals surface area contributed by atoms with Gasteiger partial charge in [0, 0.05) is 49.1 Å². The van der Waals surface area contributed by atoms with Gasteiger partial charge in [-0.1, -0.05) is 23.2 Å². The van der Waals surface area contributed by atoms with Crippen molar-refractivity contribution in [2.45, 2.75) is 56.3 Å². The highest BCUT2D eigenvalue weighted by Crippen LogP contribution is 2.44. The van der Waals surface area contributed by atoms with Gasteiger partial charge in [0.25, 0.3) is 15.3 Å². The Bertz CT molecular complexity index is 1700. The summed E-state index contributed by atoms with van der Waals surface area (Å²) in [6.45, 7) is 1.89. The quantitative estimate of drug-likeness (QED) is 0.0412. The molecule has 0 saturated heterocycles. The van der Waals surface area contributed by atoms with Crippen LogP contribution >= 0.6 is 11.8 Å². The van der Waals surface area contributed by atoms with Crippen molar-refractivity contribution < 1.29 is 41.6 Å². The smallest absolute Gasteiger partial charge is 0.333 e. The Morgan fingerprint density at radius 1 is 0.980 bits per heavy atom. The molecule has 49 heavy (non-hydrogen) atoms. The SMILES string of the molecule is C[N+]1(CCCCCC(=O)On2c(O)ccc2O)C(=NNc2ccc(N(CCCCS(=O)[O-])CCCCS(=O)(=O)O)cc2)Sc2ccccc21. The second-order valence-electron chi connectivity index (χ2n) is 11.9. The highest BCUT2D eigenvalue weighted by atomic mass is 32.2. The van der Waals surface area contributed by atoms with Crippen molar-refractivity contribution in [2.75, 3.05) is 48.5 Å². The number of benzene rings is 2. The van der Waals surface area contributed by atoms with Gasteiger partial charge in [-0.05, 0) is 87.0 Å². The Morgan fingerprint density at radius 3 is 2.33 bits per heavy atom. The molecule has 3 aromatic rings. The molecule has 0 amide bonds. The number of nitrogens with zero attached hydrogens (tertiary/aromatic N) is 4. The molecule has 1 aromatic heterocycles. The van der Waals surface area contributed by atoms with E-state index in [1.165, 1.54) is 12.1 Å². The van der Waals surface area contributed by atoms with Crippen LogP contribution in [0.3, 0.4) is 0 Å². The largest absolute Gasteiger partial charge is 0.772 e. The van der Waals surface area contributed by atoms with Crippen LogP contribution in [0.5, 0.6) is 11.8 Å². The topological polar surface area (TPSA) is 194 Å². The van der Waals surface area contributed by atoms with E-state index in [4.69, 9.17) is 14.5 Å². The first kappa shape index (κ1) is 38.2. The van der Waals surface area contributed by atoms with E-state index in [0.29, 0.717) is 54.4 Å². The minimum atomic E-state index is -4.03. The molecule has 0 radical (unpaired) electrons. The number of thioether (sulfide) groups is 1. The number of fused-ring (bicyclic) bond motifs is 1. The standard InChI is InChI=1S/C32H43N5O9S3/c1-37(22-8-2-3-13-31(40)46-36-29(38)18-19-30(36)39)27-11-4-5-12-28(27)47-32(37)34-33-25-14-16-26(17-15-25)35(20-6-9-23-48(41)42)21-7-10-24-49(43,44)45/h4-5,11-12,14-19,33H,2-3,6-10,13,20-24H2,1H3,(H3-,38,39,41,42,43,44,45). The Balaban J connectivity index is 1.35. The minimum Gasteiger partial charge on any atom is -0.772 e. The number of unbranched alkanes of at least 4 members (excludes halogenated alkanes) is 4. The number of para-hydroxylation sites is 1. The molecule has 2 heterocycles. The van der Waals surface area contributed by atoms with Crippen molar-refractivity contribution in [1.82, 2.24) is 9.21 Å². The normalized spacial score (nSPS) is 17.2. The second kappa shape index (κ2) is 17.9. The van der Waals surface area contributed by atoms with Gasteiger partial charge in [-0.25, -0.2) is 9.28 Å². The maximum Gasteiger partial charge on any atom is 0.333 e. The number of aromatic hydroxyl groups is 2. The van der Waals surface area contributed by atoms with Gasteiger partial charge in [-0.3, -0.25) is 14.2 Å². The molecule has 0 spiro atoms. The van der Waals surface area contributed by atoms with Crippen LogP contribution in [0.1, 0.15) is 51.4 Å². The Hall–Kier alpha value is -3.61. The molecule has 4 rings (SSSR count). The van der Waals surface area contributed by atoms with Crippen molar-refractivity contribution in [3.05, 3.63) is 60.7 Å². The first-order chi connectivity index (χ1) is 23.4. The number of aromatic nitrogens is 1. The number of hydrogen-bond acceptors (Lipinski definition) is 12. The zero-order valence-corrected chi connectivity index (χ0v) is 29.7. The highest BCUT2D eigenvalue weighted by Gasteiger charge is 2.42. The summed E-state index contributed by atoms with van der Waals surface area (Å²) < 4.78 is 54.3. The number of amidine groups is 1. The van der Waals surface area contributed by atoms with Crippen LogP contribution in [-0.2, 0) is 26.0 Å². The van der Waals surface area contributed by atoms with E-state index in [1.807, 2.05) is 36.4 Å². The molecule has 2 aromatic carbocycles. The van der Waals surface area contributed by atoms with Crippen LogP contribution < -0.4 is 19.6 Å². The van der Waals surface area contributed by atoms with Gasteiger partial charge in [0.15, 0.2) is 5.69 Å². The van der Waals surface area contributed by atoms with Crippen molar-refractivity contribution in [2.24, 2.45) is 5.10 Å². The van der Waals surface area contributed by atoms with Gasteiger partial charge in [0.05, 0.1) is 29.9 Å². The van der Waals surface area contributed by atoms with E-state index < -0.39 is 27.2 Å². The lowest BCUT2D eigenvalue weighted by atomic mass is 10.1. The summed E-state index contributed by atoms with van der Waals surface area (Å²) in [6.07, 6.45) is 4.29. The molecule has 1 aliphatic rings. The molecule has 2 atom stereocenters.